The van der Waals surface area contributed by atoms with E-state index >= 15 is 0 Å². The molecule has 0 spiro atoms. The van der Waals surface area contributed by atoms with Gasteiger partial charge in [-0.1, -0.05) is 12.1 Å². The van der Waals surface area contributed by atoms with Crippen LogP contribution in [0.2, 0.25) is 0 Å². The van der Waals surface area contributed by atoms with Crippen molar-refractivity contribution in [2.24, 2.45) is 5.92 Å². The van der Waals surface area contributed by atoms with Crippen molar-refractivity contribution in [3.8, 4) is 23.0 Å². The number of cyclic esters (lactones) is 2. The number of rotatable bonds is 6. The van der Waals surface area contributed by atoms with E-state index in [4.69, 9.17) is 28.4 Å². The lowest BCUT2D eigenvalue weighted by Crippen LogP contribution is -2.43. The number of benzene rings is 2. The molecule has 0 bridgehead atoms. The summed E-state index contributed by atoms with van der Waals surface area (Å²) in [5.74, 6) is -1.24. The van der Waals surface area contributed by atoms with Crippen LogP contribution in [0.25, 0.3) is 0 Å². The molecule has 2 aliphatic heterocycles. The number of aliphatic hydroxyl groups is 1. The maximum absolute atomic E-state index is 12.8. The first kappa shape index (κ1) is 20.8. The highest BCUT2D eigenvalue weighted by molar-refractivity contribution is 5.95. The molecule has 0 radical (unpaired) electrons. The highest BCUT2D eigenvalue weighted by atomic mass is 16.6. The summed E-state index contributed by atoms with van der Waals surface area (Å²) in [6, 6.07) is 9.61. The largest absolute Gasteiger partial charge is 0.493 e. The summed E-state index contributed by atoms with van der Waals surface area (Å²) < 4.78 is 32.0. The first-order valence-electron chi connectivity index (χ1n) is 9.46. The van der Waals surface area contributed by atoms with Crippen LogP contribution in [0, 0.1) is 5.92 Å². The van der Waals surface area contributed by atoms with E-state index in [1.807, 2.05) is 0 Å². The zero-order chi connectivity index (χ0) is 22.3. The minimum atomic E-state index is -2.20. The van der Waals surface area contributed by atoms with Crippen molar-refractivity contribution < 1.29 is 43.1 Å². The maximum Gasteiger partial charge on any atom is 0.344 e. The number of hydrogen-bond acceptors (Lipinski definition) is 9. The summed E-state index contributed by atoms with van der Waals surface area (Å²) >= 11 is 0. The summed E-state index contributed by atoms with van der Waals surface area (Å²) in [5, 5.41) is 11.4. The zero-order valence-electron chi connectivity index (χ0n) is 17.4. The van der Waals surface area contributed by atoms with Gasteiger partial charge in [0.15, 0.2) is 29.1 Å². The second-order valence-corrected chi connectivity index (χ2v) is 7.17. The Bertz CT molecular complexity index is 1030. The average molecular weight is 430 g/mol. The van der Waals surface area contributed by atoms with Crippen LogP contribution in [0.5, 0.6) is 23.0 Å². The summed E-state index contributed by atoms with van der Waals surface area (Å²) in [4.78, 5) is 25.6. The highest BCUT2D eigenvalue weighted by Gasteiger charge is 2.71. The SMILES string of the molecule is COc1ccc([C@H]2OC(=O)[C@@H]3[C@H](c4ccc(OC)c(OC)c4)OC(=O)[C@]23O)cc1OC. The van der Waals surface area contributed by atoms with Crippen LogP contribution in [-0.2, 0) is 19.1 Å². The Morgan fingerprint density at radius 1 is 0.774 bits per heavy atom. The van der Waals surface area contributed by atoms with Gasteiger partial charge in [0.05, 0.1) is 28.4 Å². The van der Waals surface area contributed by atoms with Gasteiger partial charge in [0.2, 0.25) is 5.60 Å². The Kier molecular flexibility index (Phi) is 5.14. The number of carbonyl (C=O) groups is 2. The Hall–Kier alpha value is -3.46. The van der Waals surface area contributed by atoms with Crippen molar-refractivity contribution in [2.75, 3.05) is 28.4 Å². The van der Waals surface area contributed by atoms with Crippen molar-refractivity contribution in [2.45, 2.75) is 17.8 Å². The summed E-state index contributed by atoms with van der Waals surface area (Å²) in [7, 11) is 5.90. The lowest BCUT2D eigenvalue weighted by Gasteiger charge is -2.23. The van der Waals surface area contributed by atoms with Gasteiger partial charge < -0.3 is 33.5 Å². The van der Waals surface area contributed by atoms with E-state index in [-0.39, 0.29) is 0 Å². The molecular weight excluding hydrogens is 408 g/mol. The Balaban J connectivity index is 1.74. The summed E-state index contributed by atoms with van der Waals surface area (Å²) in [5.41, 5.74) is -1.35. The van der Waals surface area contributed by atoms with Crippen LogP contribution in [-0.4, -0.2) is 51.1 Å². The Morgan fingerprint density at radius 3 is 1.84 bits per heavy atom. The molecule has 9 heteroatoms. The number of ether oxygens (including phenoxy) is 6. The normalized spacial score (nSPS) is 26.7. The van der Waals surface area contributed by atoms with Crippen LogP contribution in [0.3, 0.4) is 0 Å². The third kappa shape index (κ3) is 3.04. The molecule has 2 aromatic carbocycles. The Morgan fingerprint density at radius 2 is 1.29 bits per heavy atom. The van der Waals surface area contributed by atoms with Crippen molar-refractivity contribution >= 4 is 11.9 Å². The van der Waals surface area contributed by atoms with Gasteiger partial charge in [0.25, 0.3) is 0 Å². The van der Waals surface area contributed by atoms with E-state index in [0.717, 1.165) is 0 Å². The molecule has 0 saturated carbocycles. The molecule has 2 fully saturated rings. The van der Waals surface area contributed by atoms with E-state index < -0.39 is 35.7 Å². The molecule has 0 unspecified atom stereocenters. The molecule has 4 rings (SSSR count). The fraction of sp³-hybridized carbons (Fsp3) is 0.364. The summed E-state index contributed by atoms with van der Waals surface area (Å²) in [6.07, 6.45) is -2.31. The average Bonchev–Trinajstić information content (AvgIpc) is 3.22. The smallest absolute Gasteiger partial charge is 0.344 e. The second-order valence-electron chi connectivity index (χ2n) is 7.17. The molecule has 9 nitrogen and oxygen atoms in total. The van der Waals surface area contributed by atoms with Crippen LogP contribution < -0.4 is 18.9 Å². The number of fused-ring (bicyclic) bond motifs is 1. The molecule has 164 valence electrons. The molecule has 4 atom stereocenters. The first-order valence-corrected chi connectivity index (χ1v) is 9.46. The van der Waals surface area contributed by atoms with Crippen LogP contribution in [0.15, 0.2) is 36.4 Å². The molecule has 1 N–H and O–H groups in total. The van der Waals surface area contributed by atoms with E-state index in [9.17, 15) is 14.7 Å². The van der Waals surface area contributed by atoms with Crippen molar-refractivity contribution in [1.82, 2.24) is 0 Å². The molecule has 31 heavy (non-hydrogen) atoms. The zero-order valence-corrected chi connectivity index (χ0v) is 17.4. The highest BCUT2D eigenvalue weighted by Crippen LogP contribution is 2.55. The van der Waals surface area contributed by atoms with Gasteiger partial charge >= 0.3 is 11.9 Å². The van der Waals surface area contributed by atoms with Gasteiger partial charge in [-0.3, -0.25) is 4.79 Å². The second kappa shape index (κ2) is 7.66. The molecule has 2 saturated heterocycles. The summed E-state index contributed by atoms with van der Waals surface area (Å²) in [6.45, 7) is 0. The predicted molar refractivity (Wildman–Crippen MR) is 105 cm³/mol. The fourth-order valence-corrected chi connectivity index (χ4v) is 4.12. The quantitative estimate of drug-likeness (QED) is 0.688. The van der Waals surface area contributed by atoms with Gasteiger partial charge in [-0.15, -0.1) is 0 Å². The van der Waals surface area contributed by atoms with Gasteiger partial charge in [-0.05, 0) is 35.4 Å². The van der Waals surface area contributed by atoms with Crippen LogP contribution >= 0.6 is 0 Å². The third-order valence-electron chi connectivity index (χ3n) is 5.67. The molecule has 0 aliphatic carbocycles. The fourth-order valence-electron chi connectivity index (χ4n) is 4.12. The van der Waals surface area contributed by atoms with E-state index in [1.165, 1.54) is 28.4 Å². The van der Waals surface area contributed by atoms with E-state index in [0.29, 0.717) is 34.1 Å². The van der Waals surface area contributed by atoms with Gasteiger partial charge in [0, 0.05) is 0 Å². The number of hydrogen-bond donors (Lipinski definition) is 1. The molecule has 0 aromatic heterocycles. The van der Waals surface area contributed by atoms with E-state index in [2.05, 4.69) is 0 Å². The first-order chi connectivity index (χ1) is 14.9. The van der Waals surface area contributed by atoms with Gasteiger partial charge in [-0.25, -0.2) is 4.79 Å². The minimum absolute atomic E-state index is 0.367. The van der Waals surface area contributed by atoms with Crippen molar-refractivity contribution in [1.29, 1.82) is 0 Å². The molecular formula is C22H22O9. The number of methoxy groups -OCH3 is 4. The molecule has 2 aliphatic rings. The van der Waals surface area contributed by atoms with E-state index in [1.54, 1.807) is 36.4 Å². The Labute approximate surface area is 178 Å². The lowest BCUT2D eigenvalue weighted by molar-refractivity contribution is -0.165. The van der Waals surface area contributed by atoms with Gasteiger partial charge in [0.1, 0.15) is 12.0 Å². The maximum atomic E-state index is 12.8. The monoisotopic (exact) mass is 430 g/mol. The molecule has 2 aromatic rings. The lowest BCUT2D eigenvalue weighted by atomic mass is 9.80. The molecule has 2 heterocycles. The predicted octanol–water partition coefficient (Wildman–Crippen LogP) is 1.96. The number of carbonyl (C=O) groups excluding carboxylic acids is 2. The van der Waals surface area contributed by atoms with Crippen molar-refractivity contribution in [3.63, 3.8) is 0 Å². The standard InChI is InChI=1S/C22H22O9/c1-26-13-7-5-11(9-15(13)28-3)18-17-20(23)31-19(22(17,25)21(24)30-18)12-6-8-14(27-2)16(10-12)29-4/h5-10,17-19,25H,1-4H3/t17-,18-,19+,22+/m0/s1. The number of esters is 2. The minimum Gasteiger partial charge on any atom is -0.493 e. The third-order valence-corrected chi connectivity index (χ3v) is 5.67. The van der Waals surface area contributed by atoms with Gasteiger partial charge in [-0.2, -0.15) is 0 Å². The van der Waals surface area contributed by atoms with Crippen LogP contribution in [0.1, 0.15) is 23.3 Å². The van der Waals surface area contributed by atoms with Crippen molar-refractivity contribution in [3.05, 3.63) is 47.5 Å². The van der Waals surface area contributed by atoms with Crippen LogP contribution in [0.4, 0.5) is 0 Å². The topological polar surface area (TPSA) is 110 Å². The molecule has 0 amide bonds.